The van der Waals surface area contributed by atoms with Crippen molar-refractivity contribution >= 4 is 11.6 Å². The number of hydrogen-bond donors (Lipinski definition) is 1. The number of rotatable bonds is 3. The molecule has 1 N–H and O–H groups in total. The van der Waals surface area contributed by atoms with Crippen molar-refractivity contribution in [3.63, 3.8) is 0 Å². The van der Waals surface area contributed by atoms with Crippen LogP contribution in [0.1, 0.15) is 27.8 Å². The molecule has 1 aromatic heterocycles. The Hall–Kier alpha value is -3.46. The first-order valence-corrected chi connectivity index (χ1v) is 9.18. The third-order valence-corrected chi connectivity index (χ3v) is 4.85. The van der Waals surface area contributed by atoms with E-state index in [0.29, 0.717) is 42.6 Å². The first-order valence-electron chi connectivity index (χ1n) is 9.18. The highest BCUT2D eigenvalue weighted by molar-refractivity contribution is 6.03. The lowest BCUT2D eigenvalue weighted by Crippen LogP contribution is -2.24. The van der Waals surface area contributed by atoms with Gasteiger partial charge >= 0.3 is 0 Å². The second kappa shape index (κ2) is 7.17. The quantitative estimate of drug-likeness (QED) is 0.733. The molecular formula is C20H17FN4O4. The smallest absolute Gasteiger partial charge is 0.278 e. The second-order valence-corrected chi connectivity index (χ2v) is 6.73. The Labute approximate surface area is 165 Å². The van der Waals surface area contributed by atoms with Gasteiger partial charge in [0.25, 0.3) is 5.91 Å². The van der Waals surface area contributed by atoms with E-state index in [4.69, 9.17) is 14.2 Å². The van der Waals surface area contributed by atoms with Crippen LogP contribution in [0.15, 0.2) is 42.5 Å². The van der Waals surface area contributed by atoms with Gasteiger partial charge in [-0.25, -0.2) is 9.07 Å². The fourth-order valence-electron chi connectivity index (χ4n) is 3.38. The van der Waals surface area contributed by atoms with Crippen molar-refractivity contribution in [3.05, 3.63) is 65.2 Å². The molecule has 0 saturated heterocycles. The first-order chi connectivity index (χ1) is 14.2. The van der Waals surface area contributed by atoms with Crippen LogP contribution < -0.4 is 14.8 Å². The molecule has 2 aromatic carbocycles. The van der Waals surface area contributed by atoms with Crippen LogP contribution in [0.5, 0.6) is 11.5 Å². The molecule has 0 unspecified atom stereocenters. The lowest BCUT2D eigenvalue weighted by Gasteiger charge is -2.24. The Balaban J connectivity index is 1.32. The van der Waals surface area contributed by atoms with Gasteiger partial charge in [0.15, 0.2) is 17.2 Å². The summed E-state index contributed by atoms with van der Waals surface area (Å²) in [5.41, 5.74) is 2.22. The molecule has 0 spiro atoms. The van der Waals surface area contributed by atoms with Crippen LogP contribution in [-0.2, 0) is 17.9 Å². The molecule has 0 bridgehead atoms. The van der Waals surface area contributed by atoms with Crippen molar-refractivity contribution in [1.29, 1.82) is 0 Å². The maximum atomic E-state index is 13.1. The molecule has 3 heterocycles. The van der Waals surface area contributed by atoms with Gasteiger partial charge in [-0.05, 0) is 29.8 Å². The summed E-state index contributed by atoms with van der Waals surface area (Å²) < 4.78 is 31.7. The normalized spacial score (nSPS) is 17.5. The highest BCUT2D eigenvalue weighted by Crippen LogP contribution is 2.33. The second-order valence-electron chi connectivity index (χ2n) is 6.73. The third-order valence-electron chi connectivity index (χ3n) is 4.85. The number of nitrogens with zero attached hydrogens (tertiary/aromatic N) is 3. The number of amides is 1. The molecule has 2 aliphatic rings. The van der Waals surface area contributed by atoms with Crippen molar-refractivity contribution in [2.75, 3.05) is 18.5 Å². The van der Waals surface area contributed by atoms with Gasteiger partial charge in [-0.15, -0.1) is 5.10 Å². The molecule has 148 valence electrons. The minimum atomic E-state index is -0.383. The van der Waals surface area contributed by atoms with E-state index in [-0.39, 0.29) is 30.1 Å². The van der Waals surface area contributed by atoms with Gasteiger partial charge in [-0.3, -0.25) is 4.79 Å². The molecule has 9 heteroatoms. The van der Waals surface area contributed by atoms with Crippen molar-refractivity contribution < 1.29 is 23.4 Å². The number of ether oxygens (including phenoxy) is 3. The zero-order valence-corrected chi connectivity index (χ0v) is 15.3. The van der Waals surface area contributed by atoms with Gasteiger partial charge < -0.3 is 19.5 Å². The summed E-state index contributed by atoms with van der Waals surface area (Å²) in [5, 5.41) is 10.9. The van der Waals surface area contributed by atoms with E-state index in [1.807, 2.05) is 0 Å². The van der Waals surface area contributed by atoms with Crippen molar-refractivity contribution in [3.8, 4) is 11.5 Å². The number of halogens is 1. The van der Waals surface area contributed by atoms with Crippen molar-refractivity contribution in [2.24, 2.45) is 0 Å². The largest absolute Gasteiger partial charge is 0.486 e. The van der Waals surface area contributed by atoms with Crippen LogP contribution in [-0.4, -0.2) is 34.1 Å². The lowest BCUT2D eigenvalue weighted by atomic mass is 10.1. The summed E-state index contributed by atoms with van der Waals surface area (Å²) in [6.45, 7) is 1.55. The van der Waals surface area contributed by atoms with E-state index in [0.717, 1.165) is 5.56 Å². The van der Waals surface area contributed by atoms with Crippen molar-refractivity contribution in [1.82, 2.24) is 15.0 Å². The predicted octanol–water partition coefficient (Wildman–Crippen LogP) is 2.71. The van der Waals surface area contributed by atoms with Gasteiger partial charge in [-0.2, -0.15) is 0 Å². The van der Waals surface area contributed by atoms with Crippen LogP contribution in [0.3, 0.4) is 0 Å². The van der Waals surface area contributed by atoms with E-state index in [1.165, 1.54) is 12.1 Å². The molecular weight excluding hydrogens is 379 g/mol. The van der Waals surface area contributed by atoms with Gasteiger partial charge in [0.2, 0.25) is 0 Å². The maximum Gasteiger partial charge on any atom is 0.278 e. The van der Waals surface area contributed by atoms with Crippen LogP contribution in [0.2, 0.25) is 0 Å². The molecule has 0 radical (unpaired) electrons. The molecule has 1 amide bonds. The fraction of sp³-hybridized carbons (Fsp3) is 0.250. The zero-order chi connectivity index (χ0) is 19.8. The van der Waals surface area contributed by atoms with E-state index >= 15 is 0 Å². The fourth-order valence-corrected chi connectivity index (χ4v) is 3.38. The minimum Gasteiger partial charge on any atom is -0.486 e. The Morgan fingerprint density at radius 3 is 2.72 bits per heavy atom. The maximum absolute atomic E-state index is 13.1. The van der Waals surface area contributed by atoms with E-state index < -0.39 is 0 Å². The minimum absolute atomic E-state index is 0.179. The highest BCUT2D eigenvalue weighted by Gasteiger charge is 2.28. The number of nitrogens with one attached hydrogen (secondary N) is 1. The Bertz CT molecular complexity index is 1070. The van der Waals surface area contributed by atoms with E-state index in [1.54, 1.807) is 35.0 Å². The number of hydrogen-bond acceptors (Lipinski definition) is 6. The summed E-state index contributed by atoms with van der Waals surface area (Å²) in [6, 6.07) is 11.3. The monoisotopic (exact) mass is 396 g/mol. The molecule has 0 aliphatic carbocycles. The summed E-state index contributed by atoms with van der Waals surface area (Å²) in [4.78, 5) is 12.7. The zero-order valence-electron chi connectivity index (χ0n) is 15.3. The Morgan fingerprint density at radius 1 is 1.10 bits per heavy atom. The number of carbonyl (C=O) groups excluding carboxylic acids is 1. The highest BCUT2D eigenvalue weighted by atomic mass is 19.1. The molecule has 3 aromatic rings. The summed E-state index contributed by atoms with van der Waals surface area (Å²) in [6.07, 6.45) is -0.279. The van der Waals surface area contributed by atoms with E-state index in [2.05, 4.69) is 15.6 Å². The topological polar surface area (TPSA) is 87.5 Å². The Kier molecular flexibility index (Phi) is 4.36. The molecule has 8 nitrogen and oxygen atoms in total. The molecule has 29 heavy (non-hydrogen) atoms. The summed E-state index contributed by atoms with van der Waals surface area (Å²) in [7, 11) is 0. The molecule has 1 atom stereocenters. The summed E-state index contributed by atoms with van der Waals surface area (Å²) >= 11 is 0. The number of benzene rings is 2. The summed E-state index contributed by atoms with van der Waals surface area (Å²) in [5.74, 6) is 0.552. The number of anilines is 1. The molecule has 0 saturated carbocycles. The standard InChI is InChI=1S/C20H17FN4O4/c21-13-3-1-12(2-4-13)18-10-25-15(11-29-18)19(23-24-25)20(26)22-14-5-6-16-17(9-14)28-8-7-27-16/h1-6,9,18H,7-8,10-11H2,(H,22,26)/t18-/m1/s1. The lowest BCUT2D eigenvalue weighted by molar-refractivity contribution is -0.00174. The molecule has 2 aliphatic heterocycles. The first kappa shape index (κ1) is 17.6. The van der Waals surface area contributed by atoms with Gasteiger partial charge in [0.1, 0.15) is 25.1 Å². The molecule has 5 rings (SSSR count). The van der Waals surface area contributed by atoms with Gasteiger partial charge in [0.05, 0.1) is 18.8 Å². The number of aromatic nitrogens is 3. The van der Waals surface area contributed by atoms with Gasteiger partial charge in [-0.1, -0.05) is 17.3 Å². The Morgan fingerprint density at radius 2 is 1.90 bits per heavy atom. The van der Waals surface area contributed by atoms with Gasteiger partial charge in [0, 0.05) is 11.8 Å². The number of fused-ring (bicyclic) bond motifs is 2. The van der Waals surface area contributed by atoms with Crippen molar-refractivity contribution in [2.45, 2.75) is 19.3 Å². The van der Waals surface area contributed by atoms with Crippen LogP contribution in [0.4, 0.5) is 10.1 Å². The SMILES string of the molecule is O=C(Nc1ccc2c(c1)OCCO2)c1nnn2c1CO[C@@H](c1ccc(F)cc1)C2. The predicted molar refractivity (Wildman–Crippen MR) is 99.3 cm³/mol. The van der Waals surface area contributed by atoms with E-state index in [9.17, 15) is 9.18 Å². The third kappa shape index (κ3) is 3.40. The molecule has 0 fully saturated rings. The number of carbonyl (C=O) groups is 1. The average Bonchev–Trinajstić information content (AvgIpc) is 3.17. The van der Waals surface area contributed by atoms with Crippen LogP contribution in [0.25, 0.3) is 0 Å². The average molecular weight is 396 g/mol. The van der Waals surface area contributed by atoms with Crippen LogP contribution >= 0.6 is 0 Å². The van der Waals surface area contributed by atoms with Crippen LogP contribution in [0, 0.1) is 5.82 Å².